The second kappa shape index (κ2) is 27.2. The van der Waals surface area contributed by atoms with E-state index in [0.29, 0.717) is 68.7 Å². The third-order valence-electron chi connectivity index (χ3n) is 17.0. The number of amides is 6. The Balaban J connectivity index is 0.000000196. The van der Waals surface area contributed by atoms with Gasteiger partial charge in [0.05, 0.1) is 13.1 Å². The Morgan fingerprint density at radius 2 is 0.975 bits per heavy atom. The van der Waals surface area contributed by atoms with E-state index in [2.05, 4.69) is 27.3 Å². The minimum atomic E-state index is -0.594. The molecule has 0 aromatic heterocycles. The molecule has 81 heavy (non-hydrogen) atoms. The number of nitrogens with zero attached hydrogens (tertiary/aromatic N) is 4. The average molecular weight is 1120 g/mol. The molecule has 4 aromatic carbocycles. The molecule has 6 aliphatic rings. The Morgan fingerprint density at radius 3 is 1.40 bits per heavy atom. The van der Waals surface area contributed by atoms with Gasteiger partial charge in [-0.05, 0) is 135 Å². The van der Waals surface area contributed by atoms with E-state index in [0.717, 1.165) is 87.3 Å². The molecule has 18 heteroatoms. The first-order valence-corrected chi connectivity index (χ1v) is 29.7. The van der Waals surface area contributed by atoms with E-state index in [1.807, 2.05) is 54.0 Å². The van der Waals surface area contributed by atoms with Crippen LogP contribution in [0.3, 0.4) is 0 Å². The fraction of sp³-hybridized carbons (Fsp3) is 0.524. The van der Waals surface area contributed by atoms with Crippen LogP contribution in [-0.2, 0) is 9.59 Å². The number of quaternary nitrogens is 2. The lowest BCUT2D eigenvalue weighted by molar-refractivity contribution is -0.638. The van der Waals surface area contributed by atoms with Gasteiger partial charge in [-0.15, -0.1) is 0 Å². The highest BCUT2D eigenvalue weighted by molar-refractivity contribution is 5.99. The summed E-state index contributed by atoms with van der Waals surface area (Å²) in [7, 11) is 0. The Kier molecular flexibility index (Phi) is 19.7. The van der Waals surface area contributed by atoms with E-state index in [1.165, 1.54) is 88.8 Å². The predicted molar refractivity (Wildman–Crippen MR) is 305 cm³/mol. The Hall–Kier alpha value is -6.92. The predicted octanol–water partition coefficient (Wildman–Crippen LogP) is 7.46. The molecule has 4 aromatic rings. The van der Waals surface area contributed by atoms with Crippen molar-refractivity contribution in [3.8, 4) is 11.5 Å². The molecule has 16 nitrogen and oxygen atoms in total. The van der Waals surface area contributed by atoms with Crippen LogP contribution in [0.2, 0.25) is 0 Å². The summed E-state index contributed by atoms with van der Waals surface area (Å²) in [5.41, 5.74) is 4.46. The molecule has 0 spiro atoms. The van der Waals surface area contributed by atoms with Crippen LogP contribution < -0.4 is 30.7 Å². The summed E-state index contributed by atoms with van der Waals surface area (Å²) in [4.78, 5) is 84.0. The van der Waals surface area contributed by atoms with Crippen molar-refractivity contribution in [2.75, 3.05) is 76.1 Å². The summed E-state index contributed by atoms with van der Waals surface area (Å²) >= 11 is 0. The molecule has 10 rings (SSSR count). The van der Waals surface area contributed by atoms with Crippen molar-refractivity contribution >= 4 is 46.8 Å². The maximum Gasteiger partial charge on any atom is 0.254 e. The van der Waals surface area contributed by atoms with Gasteiger partial charge >= 0.3 is 0 Å². The number of piperazine rings is 2. The molecule has 2 aliphatic carbocycles. The molecule has 4 atom stereocenters. The molecule has 0 unspecified atom stereocenters. The summed E-state index contributed by atoms with van der Waals surface area (Å²) in [6.45, 7) is 12.9. The van der Waals surface area contributed by atoms with Crippen molar-refractivity contribution in [2.45, 2.75) is 147 Å². The van der Waals surface area contributed by atoms with E-state index in [4.69, 9.17) is 9.47 Å². The molecule has 4 saturated heterocycles. The highest BCUT2D eigenvalue weighted by atomic mass is 19.1. The van der Waals surface area contributed by atoms with Gasteiger partial charge in [-0.2, -0.15) is 0 Å². The molecule has 6 amide bonds. The Bertz CT molecular complexity index is 2920. The van der Waals surface area contributed by atoms with Crippen molar-refractivity contribution in [1.82, 2.24) is 19.6 Å². The van der Waals surface area contributed by atoms with Gasteiger partial charge in [-0.1, -0.05) is 45.4 Å². The van der Waals surface area contributed by atoms with Crippen molar-refractivity contribution in [3.63, 3.8) is 0 Å². The highest BCUT2D eigenvalue weighted by Gasteiger charge is 2.36. The van der Waals surface area contributed by atoms with Gasteiger partial charge in [0, 0.05) is 112 Å². The number of carbonyl (C=O) groups is 6. The number of hydrogen-bond donors (Lipinski definition) is 4. The smallest absolute Gasteiger partial charge is 0.254 e. The van der Waals surface area contributed by atoms with Crippen LogP contribution in [0.4, 0.5) is 20.2 Å². The van der Waals surface area contributed by atoms with Gasteiger partial charge in [0.15, 0.2) is 12.2 Å². The highest BCUT2D eigenvalue weighted by Crippen LogP contribution is 2.41. The zero-order valence-corrected chi connectivity index (χ0v) is 47.6. The molecule has 0 bridgehead atoms. The summed E-state index contributed by atoms with van der Waals surface area (Å²) in [6, 6.07) is 19.2. The van der Waals surface area contributed by atoms with Crippen LogP contribution in [0.25, 0.3) is 0 Å². The first-order valence-electron chi connectivity index (χ1n) is 29.7. The van der Waals surface area contributed by atoms with Gasteiger partial charge in [-0.3, -0.25) is 28.8 Å². The number of ether oxygens (including phenoxy) is 2. The van der Waals surface area contributed by atoms with Crippen molar-refractivity contribution in [2.24, 2.45) is 0 Å². The summed E-state index contributed by atoms with van der Waals surface area (Å²) < 4.78 is 41.3. The van der Waals surface area contributed by atoms with Gasteiger partial charge in [0.25, 0.3) is 23.6 Å². The summed E-state index contributed by atoms with van der Waals surface area (Å²) in [5.74, 6) is 0.0777. The standard InChI is InChI=1S/C32H41FN4O4.C31H39FN4O4/c1-3-27-20-36(31(39)24-15-25(33)18-26(16-24)35-21(2)38)13-14-37(27)32(40)23-9-10-30(41-28-11-12-34-19-28)29(17-23)22-7-5-4-6-8-22;1-20-19-35(30(38)24-14-25(32)17-26(15-24)34-21(2)37)12-13-36(20)31(39)23-8-9-29(40-27-10-11-33-18-27)28(16-23)22-6-4-3-5-7-22/h9-10,15-18,22,27-28,34H,3-8,11-14,19-20H2,1-2H3,(H,35,38);8-9,14-17,20,22,27,33H,3-7,10-13,18-19H2,1-2H3,(H,34,37)/p+2/t27-,28-;20-,27-/m00/s1. The van der Waals surface area contributed by atoms with Crippen LogP contribution in [0.1, 0.15) is 176 Å². The van der Waals surface area contributed by atoms with E-state index >= 15 is 0 Å². The monoisotopic (exact) mass is 1120 g/mol. The molecule has 2 saturated carbocycles. The topological polar surface area (TPSA) is 191 Å². The van der Waals surface area contributed by atoms with Crippen molar-refractivity contribution in [1.29, 1.82) is 0 Å². The van der Waals surface area contributed by atoms with Gasteiger partial charge in [-0.25, -0.2) is 8.78 Å². The average Bonchev–Trinajstić information content (AvgIpc) is 4.33. The van der Waals surface area contributed by atoms with Crippen LogP contribution in [0.15, 0.2) is 72.8 Å². The number of benzene rings is 4. The Morgan fingerprint density at radius 1 is 0.531 bits per heavy atom. The van der Waals surface area contributed by atoms with E-state index in [1.54, 1.807) is 9.80 Å². The number of nitrogens with one attached hydrogen (secondary N) is 2. The Labute approximate surface area is 475 Å². The molecular formula is C63H82F2N8O8+2. The number of anilines is 2. The van der Waals surface area contributed by atoms with E-state index < -0.39 is 11.6 Å². The fourth-order valence-electron chi connectivity index (χ4n) is 12.8. The summed E-state index contributed by atoms with van der Waals surface area (Å²) in [6.07, 6.45) is 15.0. The van der Waals surface area contributed by atoms with Crippen LogP contribution in [0, 0.1) is 11.6 Å². The number of hydrogen-bond acceptors (Lipinski definition) is 8. The maximum atomic E-state index is 14.2. The largest absolute Gasteiger partial charge is 0.484 e. The molecule has 434 valence electrons. The lowest BCUT2D eigenvalue weighted by Crippen LogP contribution is -2.81. The summed E-state index contributed by atoms with van der Waals surface area (Å²) in [5, 5.41) is 9.64. The first kappa shape index (κ1) is 58.7. The lowest BCUT2D eigenvalue weighted by atomic mass is 9.83. The number of halogens is 2. The first-order chi connectivity index (χ1) is 39.1. The number of nitrogens with two attached hydrogens (primary N) is 2. The second-order valence-corrected chi connectivity index (χ2v) is 23.1. The van der Waals surface area contributed by atoms with E-state index in [-0.39, 0.29) is 82.2 Å². The minimum absolute atomic E-state index is 0.0274. The van der Waals surface area contributed by atoms with Crippen LogP contribution in [0.5, 0.6) is 11.5 Å². The molecule has 4 heterocycles. The third-order valence-corrected chi connectivity index (χ3v) is 17.0. The number of carbonyl (C=O) groups excluding carboxylic acids is 6. The zero-order chi connectivity index (χ0) is 57.2. The van der Waals surface area contributed by atoms with Crippen LogP contribution >= 0.6 is 0 Å². The van der Waals surface area contributed by atoms with Gasteiger partial charge in [0.2, 0.25) is 11.8 Å². The van der Waals surface area contributed by atoms with Crippen molar-refractivity contribution < 1.29 is 57.7 Å². The van der Waals surface area contributed by atoms with Crippen LogP contribution in [-0.4, -0.2) is 145 Å². The normalized spacial score (nSPS) is 21.7. The molecule has 0 radical (unpaired) electrons. The fourth-order valence-corrected chi connectivity index (χ4v) is 12.8. The zero-order valence-electron chi connectivity index (χ0n) is 47.6. The second-order valence-electron chi connectivity index (χ2n) is 23.1. The quantitative estimate of drug-likeness (QED) is 0.106. The molecule has 4 aliphatic heterocycles. The minimum Gasteiger partial charge on any atom is -0.484 e. The molecular weight excluding hydrogens is 1030 g/mol. The lowest BCUT2D eigenvalue weighted by Gasteiger charge is -2.41. The number of rotatable bonds is 13. The maximum absolute atomic E-state index is 14.2. The van der Waals surface area contributed by atoms with Gasteiger partial charge < -0.3 is 50.3 Å². The molecule has 6 fully saturated rings. The molecule has 6 N–H and O–H groups in total. The van der Waals surface area contributed by atoms with Crippen molar-refractivity contribution in [3.05, 3.63) is 118 Å². The third kappa shape index (κ3) is 15.0. The van der Waals surface area contributed by atoms with Gasteiger partial charge in [0.1, 0.15) is 36.2 Å². The SMILES string of the molecule is CC(=O)Nc1cc(F)cc(C(=O)N2CCN(C(=O)c3ccc(O[C@H]4CC[NH2+]C4)c(C4CCCCC4)c3)[C@@H](C)C2)c1.CC[C@H]1CN(C(=O)c2cc(F)cc(NC(C)=O)c2)CCN1C(=O)c1ccc(O[C@H]2CC[NH2+]C2)c(C2CCCCC2)c1. The van der Waals surface area contributed by atoms with E-state index in [9.17, 15) is 37.5 Å².